The highest BCUT2D eigenvalue weighted by Crippen LogP contribution is 2.19. The third kappa shape index (κ3) is 5.35. The molecule has 2 aromatic rings. The van der Waals surface area contributed by atoms with Crippen LogP contribution in [0.1, 0.15) is 22.8 Å². The van der Waals surface area contributed by atoms with Gasteiger partial charge in [-0.2, -0.15) is 4.31 Å². The fraction of sp³-hybridized carbons (Fsp3) is 0.381. The van der Waals surface area contributed by atoms with Crippen molar-refractivity contribution in [2.75, 3.05) is 39.8 Å². The number of likely N-dealkylation sites (N-methyl/N-ethyl adjacent to an activating group) is 1. The van der Waals surface area contributed by atoms with Crippen LogP contribution in [0.5, 0.6) is 5.75 Å². The van der Waals surface area contributed by atoms with Crippen molar-refractivity contribution in [3.05, 3.63) is 59.7 Å². The zero-order valence-corrected chi connectivity index (χ0v) is 17.6. The van der Waals surface area contributed by atoms with Gasteiger partial charge >= 0.3 is 0 Å². The smallest absolute Gasteiger partial charge is 0.251 e. The number of nitrogens with one attached hydrogen (secondary N) is 1. The summed E-state index contributed by atoms with van der Waals surface area (Å²) < 4.78 is 32.7. The molecule has 0 saturated carbocycles. The third-order valence-electron chi connectivity index (χ3n) is 4.88. The van der Waals surface area contributed by atoms with Crippen LogP contribution < -0.4 is 10.1 Å². The minimum atomic E-state index is -3.61. The van der Waals surface area contributed by atoms with Crippen molar-refractivity contribution in [2.45, 2.75) is 18.4 Å². The second kappa shape index (κ2) is 9.39. The maximum Gasteiger partial charge on any atom is 0.251 e. The van der Waals surface area contributed by atoms with E-state index in [1.54, 1.807) is 12.1 Å². The molecule has 0 bridgehead atoms. The van der Waals surface area contributed by atoms with Crippen molar-refractivity contribution in [3.63, 3.8) is 0 Å². The Labute approximate surface area is 172 Å². The SMILES string of the molecule is CCOc1ccc(CNC(=O)c2cccc(S(=O)(=O)N3CCN(C)CC3)c2)cc1. The Balaban J connectivity index is 1.66. The molecule has 1 fully saturated rings. The summed E-state index contributed by atoms with van der Waals surface area (Å²) in [6, 6.07) is 13.7. The second-order valence-electron chi connectivity index (χ2n) is 6.99. The highest BCUT2D eigenvalue weighted by molar-refractivity contribution is 7.89. The highest BCUT2D eigenvalue weighted by atomic mass is 32.2. The summed E-state index contributed by atoms with van der Waals surface area (Å²) in [6.07, 6.45) is 0. The molecule has 1 aliphatic heterocycles. The Morgan fingerprint density at radius 3 is 2.41 bits per heavy atom. The first-order chi connectivity index (χ1) is 13.9. The monoisotopic (exact) mass is 417 g/mol. The van der Waals surface area contributed by atoms with Crippen molar-refractivity contribution in [1.29, 1.82) is 0 Å². The van der Waals surface area contributed by atoms with Crippen LogP contribution in [0, 0.1) is 0 Å². The van der Waals surface area contributed by atoms with Gasteiger partial charge in [0.1, 0.15) is 5.75 Å². The molecule has 1 aliphatic rings. The van der Waals surface area contributed by atoms with Crippen LogP contribution in [0.2, 0.25) is 0 Å². The van der Waals surface area contributed by atoms with Crippen molar-refractivity contribution in [3.8, 4) is 5.75 Å². The van der Waals surface area contributed by atoms with Gasteiger partial charge in [0, 0.05) is 38.3 Å². The average Bonchev–Trinajstić information content (AvgIpc) is 2.73. The van der Waals surface area contributed by atoms with Crippen molar-refractivity contribution in [1.82, 2.24) is 14.5 Å². The van der Waals surface area contributed by atoms with E-state index in [1.807, 2.05) is 38.2 Å². The Bertz CT molecular complexity index is 937. The van der Waals surface area contributed by atoms with Crippen LogP contribution in [0.3, 0.4) is 0 Å². The molecule has 0 spiro atoms. The highest BCUT2D eigenvalue weighted by Gasteiger charge is 2.27. The Kier molecular flexibility index (Phi) is 6.89. The maximum absolute atomic E-state index is 12.9. The van der Waals surface area contributed by atoms with Crippen LogP contribution in [0.25, 0.3) is 0 Å². The van der Waals surface area contributed by atoms with Gasteiger partial charge < -0.3 is 15.0 Å². The lowest BCUT2D eigenvalue weighted by molar-refractivity contribution is 0.0950. The number of amides is 1. The van der Waals surface area contributed by atoms with E-state index in [0.29, 0.717) is 44.9 Å². The van der Waals surface area contributed by atoms with E-state index >= 15 is 0 Å². The minimum absolute atomic E-state index is 0.149. The van der Waals surface area contributed by atoms with Gasteiger partial charge in [-0.1, -0.05) is 18.2 Å². The number of nitrogens with zero attached hydrogens (tertiary/aromatic N) is 2. The summed E-state index contributed by atoms with van der Waals surface area (Å²) in [6.45, 7) is 5.17. The van der Waals surface area contributed by atoms with Gasteiger partial charge in [0.05, 0.1) is 11.5 Å². The molecule has 2 aromatic carbocycles. The Hall–Kier alpha value is -2.42. The van der Waals surface area contributed by atoms with Crippen LogP contribution in [0.15, 0.2) is 53.4 Å². The van der Waals surface area contributed by atoms with Gasteiger partial charge in [0.2, 0.25) is 10.0 Å². The van der Waals surface area contributed by atoms with E-state index in [-0.39, 0.29) is 10.8 Å². The first-order valence-electron chi connectivity index (χ1n) is 9.69. The summed E-state index contributed by atoms with van der Waals surface area (Å²) in [5.74, 6) is 0.471. The topological polar surface area (TPSA) is 78.9 Å². The first kappa shape index (κ1) is 21.3. The lowest BCUT2D eigenvalue weighted by atomic mass is 10.2. The van der Waals surface area contributed by atoms with Gasteiger partial charge in [-0.3, -0.25) is 4.79 Å². The largest absolute Gasteiger partial charge is 0.494 e. The molecule has 3 rings (SSSR count). The van der Waals surface area contributed by atoms with E-state index in [2.05, 4.69) is 10.2 Å². The predicted molar refractivity (Wildman–Crippen MR) is 111 cm³/mol. The molecule has 0 aromatic heterocycles. The normalized spacial score (nSPS) is 15.8. The fourth-order valence-corrected chi connectivity index (χ4v) is 4.60. The van der Waals surface area contributed by atoms with E-state index in [4.69, 9.17) is 4.74 Å². The zero-order chi connectivity index (χ0) is 20.9. The second-order valence-corrected chi connectivity index (χ2v) is 8.93. The molecule has 1 heterocycles. The Morgan fingerprint density at radius 2 is 1.76 bits per heavy atom. The molecule has 0 aliphatic carbocycles. The van der Waals surface area contributed by atoms with E-state index < -0.39 is 10.0 Å². The molecule has 0 radical (unpaired) electrons. The van der Waals surface area contributed by atoms with E-state index in [1.165, 1.54) is 16.4 Å². The number of piperazine rings is 1. The Morgan fingerprint density at radius 1 is 1.07 bits per heavy atom. The lowest BCUT2D eigenvalue weighted by Gasteiger charge is -2.31. The molecule has 0 unspecified atom stereocenters. The van der Waals surface area contributed by atoms with Gasteiger partial charge in [0.25, 0.3) is 5.91 Å². The molecule has 7 nitrogen and oxygen atoms in total. The third-order valence-corrected chi connectivity index (χ3v) is 6.78. The number of carbonyl (C=O) groups is 1. The standard InChI is InChI=1S/C21H27N3O4S/c1-3-28-19-9-7-17(8-10-19)16-22-21(25)18-5-4-6-20(15-18)29(26,27)24-13-11-23(2)12-14-24/h4-10,15H,3,11-14,16H2,1-2H3,(H,22,25). The molecule has 156 valence electrons. The van der Waals surface area contributed by atoms with Crippen LogP contribution in [-0.2, 0) is 16.6 Å². The summed E-state index contributed by atoms with van der Waals surface area (Å²) >= 11 is 0. The summed E-state index contributed by atoms with van der Waals surface area (Å²) in [4.78, 5) is 14.8. The van der Waals surface area contributed by atoms with E-state index in [9.17, 15) is 13.2 Å². The summed E-state index contributed by atoms with van der Waals surface area (Å²) in [5, 5.41) is 2.84. The molecular weight excluding hydrogens is 390 g/mol. The predicted octanol–water partition coefficient (Wildman–Crippen LogP) is 1.95. The zero-order valence-electron chi connectivity index (χ0n) is 16.8. The molecule has 8 heteroatoms. The lowest BCUT2D eigenvalue weighted by Crippen LogP contribution is -2.47. The summed E-state index contributed by atoms with van der Waals surface area (Å²) in [7, 11) is -1.63. The van der Waals surface area contributed by atoms with Crippen molar-refractivity contribution in [2.24, 2.45) is 0 Å². The van der Waals surface area contributed by atoms with Crippen LogP contribution >= 0.6 is 0 Å². The van der Waals surface area contributed by atoms with Gasteiger partial charge in [-0.05, 0) is 49.9 Å². The minimum Gasteiger partial charge on any atom is -0.494 e. The average molecular weight is 418 g/mol. The van der Waals surface area contributed by atoms with Crippen molar-refractivity contribution < 1.29 is 17.9 Å². The molecule has 0 atom stereocenters. The number of rotatable bonds is 7. The molecule has 1 N–H and O–H groups in total. The number of sulfonamides is 1. The van der Waals surface area contributed by atoms with Crippen LogP contribution in [0.4, 0.5) is 0 Å². The molecule has 1 saturated heterocycles. The van der Waals surface area contributed by atoms with Gasteiger partial charge in [-0.15, -0.1) is 0 Å². The van der Waals surface area contributed by atoms with Gasteiger partial charge in [0.15, 0.2) is 0 Å². The number of benzene rings is 2. The summed E-state index contributed by atoms with van der Waals surface area (Å²) in [5.41, 5.74) is 1.26. The van der Waals surface area contributed by atoms with Gasteiger partial charge in [-0.25, -0.2) is 8.42 Å². The number of carbonyl (C=O) groups excluding carboxylic acids is 1. The van der Waals surface area contributed by atoms with E-state index in [0.717, 1.165) is 11.3 Å². The number of ether oxygens (including phenoxy) is 1. The number of hydrogen-bond donors (Lipinski definition) is 1. The number of hydrogen-bond acceptors (Lipinski definition) is 5. The maximum atomic E-state index is 12.9. The molecule has 29 heavy (non-hydrogen) atoms. The molecular formula is C21H27N3O4S. The molecule has 1 amide bonds. The van der Waals surface area contributed by atoms with Crippen LogP contribution in [-0.4, -0.2) is 63.4 Å². The quantitative estimate of drug-likeness (QED) is 0.745. The van der Waals surface area contributed by atoms with Crippen molar-refractivity contribution >= 4 is 15.9 Å². The fourth-order valence-electron chi connectivity index (χ4n) is 3.13. The first-order valence-corrected chi connectivity index (χ1v) is 11.1.